The van der Waals surface area contributed by atoms with E-state index in [0.29, 0.717) is 0 Å². The van der Waals surface area contributed by atoms with Crippen molar-refractivity contribution in [3.63, 3.8) is 0 Å². The second kappa shape index (κ2) is 8.73. The van der Waals surface area contributed by atoms with Gasteiger partial charge >= 0.3 is 6.03 Å². The number of piperidine rings is 2. The molecule has 2 heterocycles. The molecule has 0 spiro atoms. The molecule has 0 bridgehead atoms. The quantitative estimate of drug-likeness (QED) is 0.870. The van der Waals surface area contributed by atoms with E-state index in [2.05, 4.69) is 29.0 Å². The monoisotopic (exact) mass is 303 g/mol. The van der Waals surface area contributed by atoms with E-state index in [0.717, 1.165) is 63.9 Å². The van der Waals surface area contributed by atoms with Gasteiger partial charge in [-0.2, -0.15) is 0 Å². The van der Waals surface area contributed by atoms with Crippen LogP contribution in [0.2, 0.25) is 0 Å². The Morgan fingerprint density at radius 3 is 2.05 bits per heavy atom. The third-order valence-electron chi connectivity index (χ3n) is 4.62. The van der Waals surface area contributed by atoms with Gasteiger partial charge < -0.3 is 15.1 Å². The Bertz CT molecular complexity index is 285. The molecule has 2 rings (SSSR count). The van der Waals surface area contributed by atoms with E-state index in [1.165, 1.54) is 12.8 Å². The van der Waals surface area contributed by atoms with Crippen LogP contribution in [0.3, 0.4) is 0 Å². The zero-order valence-corrected chi connectivity index (χ0v) is 13.8. The molecule has 0 aromatic rings. The summed E-state index contributed by atoms with van der Waals surface area (Å²) in [6.07, 6.45) is 4.65. The number of nitrogens with zero attached hydrogens (tertiary/aromatic N) is 2. The van der Waals surface area contributed by atoms with Gasteiger partial charge in [0, 0.05) is 26.2 Å². The Morgan fingerprint density at radius 1 is 1.05 bits per heavy atom. The Balaban J connectivity index is 0.00000200. The van der Waals surface area contributed by atoms with Crippen molar-refractivity contribution in [2.24, 2.45) is 11.8 Å². The summed E-state index contributed by atoms with van der Waals surface area (Å²) in [6, 6.07) is 0.286. The van der Waals surface area contributed by atoms with Crippen molar-refractivity contribution in [1.82, 2.24) is 15.1 Å². The normalized spacial score (nSPS) is 21.7. The van der Waals surface area contributed by atoms with Crippen molar-refractivity contribution in [2.75, 3.05) is 39.3 Å². The highest BCUT2D eigenvalue weighted by atomic mass is 35.5. The maximum absolute atomic E-state index is 12.4. The van der Waals surface area contributed by atoms with Crippen LogP contribution in [0.15, 0.2) is 0 Å². The molecule has 0 radical (unpaired) electrons. The maximum atomic E-state index is 12.4. The number of nitrogens with one attached hydrogen (secondary N) is 1. The van der Waals surface area contributed by atoms with Crippen LogP contribution in [-0.4, -0.2) is 55.1 Å². The number of halogens is 1. The van der Waals surface area contributed by atoms with Gasteiger partial charge in [-0.1, -0.05) is 13.8 Å². The lowest BCUT2D eigenvalue weighted by atomic mass is 9.96. The Labute approximate surface area is 129 Å². The molecule has 2 amide bonds. The summed E-state index contributed by atoms with van der Waals surface area (Å²) in [5.74, 6) is 1.54. The molecule has 0 saturated carbocycles. The van der Waals surface area contributed by atoms with Gasteiger partial charge in [0.25, 0.3) is 0 Å². The van der Waals surface area contributed by atoms with Crippen LogP contribution < -0.4 is 5.32 Å². The number of amides is 2. The SMILES string of the molecule is CCNCC1CCN(C(=O)N2CCC(C)CC2)CC1.Cl. The molecule has 20 heavy (non-hydrogen) atoms. The molecule has 0 aromatic heterocycles. The first-order valence-electron chi connectivity index (χ1n) is 7.95. The zero-order valence-electron chi connectivity index (χ0n) is 12.9. The van der Waals surface area contributed by atoms with E-state index in [4.69, 9.17) is 0 Å². The van der Waals surface area contributed by atoms with Crippen molar-refractivity contribution >= 4 is 18.4 Å². The van der Waals surface area contributed by atoms with Gasteiger partial charge in [0.05, 0.1) is 0 Å². The van der Waals surface area contributed by atoms with Gasteiger partial charge in [-0.05, 0) is 50.6 Å². The fourth-order valence-corrected chi connectivity index (χ4v) is 3.08. The molecule has 0 aromatic carbocycles. The summed E-state index contributed by atoms with van der Waals surface area (Å²) < 4.78 is 0. The highest BCUT2D eigenvalue weighted by Gasteiger charge is 2.27. The number of hydrogen-bond acceptors (Lipinski definition) is 2. The number of urea groups is 1. The highest BCUT2D eigenvalue weighted by Crippen LogP contribution is 2.21. The number of hydrogen-bond donors (Lipinski definition) is 1. The van der Waals surface area contributed by atoms with E-state index >= 15 is 0 Å². The zero-order chi connectivity index (χ0) is 13.7. The lowest BCUT2D eigenvalue weighted by molar-refractivity contribution is 0.118. The van der Waals surface area contributed by atoms with Gasteiger partial charge in [-0.3, -0.25) is 0 Å². The van der Waals surface area contributed by atoms with Crippen molar-refractivity contribution in [3.8, 4) is 0 Å². The smallest absolute Gasteiger partial charge is 0.319 e. The summed E-state index contributed by atoms with van der Waals surface area (Å²) in [4.78, 5) is 16.5. The number of carbonyl (C=O) groups is 1. The van der Waals surface area contributed by atoms with E-state index in [9.17, 15) is 4.79 Å². The lowest BCUT2D eigenvalue weighted by Crippen LogP contribution is -2.49. The minimum absolute atomic E-state index is 0. The number of likely N-dealkylation sites (tertiary alicyclic amines) is 2. The van der Waals surface area contributed by atoms with E-state index in [-0.39, 0.29) is 18.4 Å². The van der Waals surface area contributed by atoms with Gasteiger partial charge in [0.2, 0.25) is 0 Å². The summed E-state index contributed by atoms with van der Waals surface area (Å²) in [7, 11) is 0. The van der Waals surface area contributed by atoms with Crippen molar-refractivity contribution in [3.05, 3.63) is 0 Å². The Hall–Kier alpha value is -0.480. The summed E-state index contributed by atoms with van der Waals surface area (Å²) in [5.41, 5.74) is 0. The van der Waals surface area contributed by atoms with Crippen LogP contribution in [0, 0.1) is 11.8 Å². The molecule has 5 heteroatoms. The Kier molecular flexibility index (Phi) is 7.67. The van der Waals surface area contributed by atoms with E-state index in [1.807, 2.05) is 0 Å². The minimum atomic E-state index is 0. The third kappa shape index (κ3) is 4.81. The Morgan fingerprint density at radius 2 is 1.55 bits per heavy atom. The first-order chi connectivity index (χ1) is 9.20. The average molecular weight is 304 g/mol. The highest BCUT2D eigenvalue weighted by molar-refractivity contribution is 5.85. The molecule has 0 unspecified atom stereocenters. The molecule has 2 saturated heterocycles. The van der Waals surface area contributed by atoms with Crippen molar-refractivity contribution < 1.29 is 4.79 Å². The second-order valence-corrected chi connectivity index (χ2v) is 6.19. The lowest BCUT2D eigenvalue weighted by Gasteiger charge is -2.38. The van der Waals surface area contributed by atoms with Crippen LogP contribution in [-0.2, 0) is 0 Å². The topological polar surface area (TPSA) is 35.6 Å². The van der Waals surface area contributed by atoms with E-state index < -0.39 is 0 Å². The summed E-state index contributed by atoms with van der Waals surface area (Å²) in [5, 5.41) is 3.42. The van der Waals surface area contributed by atoms with Crippen molar-refractivity contribution in [1.29, 1.82) is 0 Å². The van der Waals surface area contributed by atoms with Crippen LogP contribution in [0.5, 0.6) is 0 Å². The van der Waals surface area contributed by atoms with Crippen LogP contribution in [0.25, 0.3) is 0 Å². The molecule has 2 aliphatic heterocycles. The van der Waals surface area contributed by atoms with Crippen molar-refractivity contribution in [2.45, 2.75) is 39.5 Å². The first-order valence-corrected chi connectivity index (χ1v) is 7.95. The number of carbonyl (C=O) groups excluding carboxylic acids is 1. The predicted octanol–water partition coefficient (Wildman–Crippen LogP) is 2.58. The number of rotatable bonds is 3. The molecule has 2 fully saturated rings. The van der Waals surface area contributed by atoms with Gasteiger partial charge in [0.1, 0.15) is 0 Å². The standard InChI is InChI=1S/C15H29N3O.ClH/c1-3-16-12-14-6-10-18(11-7-14)15(19)17-8-4-13(2)5-9-17;/h13-14,16H,3-12H2,1-2H3;1H. The predicted molar refractivity (Wildman–Crippen MR) is 85.5 cm³/mol. The fourth-order valence-electron chi connectivity index (χ4n) is 3.08. The van der Waals surface area contributed by atoms with Gasteiger partial charge in [0.15, 0.2) is 0 Å². The third-order valence-corrected chi connectivity index (χ3v) is 4.62. The maximum Gasteiger partial charge on any atom is 0.319 e. The summed E-state index contributed by atoms with van der Waals surface area (Å²) in [6.45, 7) is 10.4. The molecule has 0 atom stereocenters. The van der Waals surface area contributed by atoms with Crippen LogP contribution >= 0.6 is 12.4 Å². The van der Waals surface area contributed by atoms with Gasteiger partial charge in [-0.25, -0.2) is 4.79 Å². The molecule has 118 valence electrons. The van der Waals surface area contributed by atoms with Crippen LogP contribution in [0.4, 0.5) is 4.79 Å². The molecule has 4 nitrogen and oxygen atoms in total. The summed E-state index contributed by atoms with van der Waals surface area (Å²) >= 11 is 0. The molecular formula is C15H30ClN3O. The molecular weight excluding hydrogens is 274 g/mol. The average Bonchev–Trinajstić information content (AvgIpc) is 2.46. The van der Waals surface area contributed by atoms with Gasteiger partial charge in [-0.15, -0.1) is 12.4 Å². The molecule has 1 N–H and O–H groups in total. The van der Waals surface area contributed by atoms with E-state index in [1.54, 1.807) is 0 Å². The van der Waals surface area contributed by atoms with Crippen LogP contribution in [0.1, 0.15) is 39.5 Å². The fraction of sp³-hybridized carbons (Fsp3) is 0.933. The molecule has 2 aliphatic rings. The minimum Gasteiger partial charge on any atom is -0.325 e. The second-order valence-electron chi connectivity index (χ2n) is 6.19. The molecule has 0 aliphatic carbocycles. The first kappa shape index (κ1) is 17.6. The largest absolute Gasteiger partial charge is 0.325 e.